The Morgan fingerprint density at radius 3 is 2.68 bits per heavy atom. The van der Waals surface area contributed by atoms with Gasteiger partial charge in [-0.05, 0) is 36.4 Å². The van der Waals surface area contributed by atoms with Gasteiger partial charge in [-0.1, -0.05) is 17.7 Å². The lowest BCUT2D eigenvalue weighted by Crippen LogP contribution is -2.10. The summed E-state index contributed by atoms with van der Waals surface area (Å²) in [4.78, 5) is 27.0. The highest BCUT2D eigenvalue weighted by atomic mass is 35.5. The van der Waals surface area contributed by atoms with Crippen molar-refractivity contribution in [2.75, 3.05) is 10.6 Å². The van der Waals surface area contributed by atoms with Crippen molar-refractivity contribution >= 4 is 40.9 Å². The Morgan fingerprint density at radius 2 is 2.00 bits per heavy atom. The van der Waals surface area contributed by atoms with Gasteiger partial charge in [0.2, 0.25) is 11.8 Å². The Labute approximate surface area is 133 Å². The van der Waals surface area contributed by atoms with Gasteiger partial charge in [-0.3, -0.25) is 14.6 Å². The average Bonchev–Trinajstić information content (AvgIpc) is 2.49. The van der Waals surface area contributed by atoms with Crippen LogP contribution in [0.15, 0.2) is 48.7 Å². The van der Waals surface area contributed by atoms with Gasteiger partial charge in [0.1, 0.15) is 0 Å². The molecule has 1 aromatic carbocycles. The van der Waals surface area contributed by atoms with Crippen molar-refractivity contribution < 1.29 is 9.59 Å². The first kappa shape index (κ1) is 15.7. The second-order valence-electron chi connectivity index (χ2n) is 4.45. The highest BCUT2D eigenvalue weighted by Crippen LogP contribution is 2.25. The first-order valence-electron chi connectivity index (χ1n) is 6.52. The molecule has 5 nitrogen and oxygen atoms in total. The summed E-state index contributed by atoms with van der Waals surface area (Å²) in [5, 5.41) is 5.67. The van der Waals surface area contributed by atoms with Gasteiger partial charge in [0.25, 0.3) is 0 Å². The van der Waals surface area contributed by atoms with Crippen LogP contribution in [0.4, 0.5) is 11.4 Å². The number of pyridine rings is 1. The van der Waals surface area contributed by atoms with E-state index < -0.39 is 0 Å². The van der Waals surface area contributed by atoms with Gasteiger partial charge in [-0.2, -0.15) is 0 Å². The zero-order chi connectivity index (χ0) is 15.9. The molecule has 1 heterocycles. The van der Waals surface area contributed by atoms with Crippen LogP contribution >= 0.6 is 11.6 Å². The highest BCUT2D eigenvalue weighted by molar-refractivity contribution is 6.34. The van der Waals surface area contributed by atoms with Gasteiger partial charge in [-0.15, -0.1) is 0 Å². The molecule has 0 spiro atoms. The van der Waals surface area contributed by atoms with E-state index in [2.05, 4.69) is 15.6 Å². The minimum absolute atomic E-state index is 0.199. The number of carbonyl (C=O) groups excluding carboxylic acids is 2. The summed E-state index contributed by atoms with van der Waals surface area (Å²) in [6, 6.07) is 10.3. The van der Waals surface area contributed by atoms with E-state index in [0.717, 1.165) is 0 Å². The molecule has 0 bridgehead atoms. The number of anilines is 2. The number of benzene rings is 1. The number of hydrogen-bond acceptors (Lipinski definition) is 3. The zero-order valence-corrected chi connectivity index (χ0v) is 12.6. The van der Waals surface area contributed by atoms with Crippen LogP contribution < -0.4 is 10.6 Å². The van der Waals surface area contributed by atoms with Crippen molar-refractivity contribution in [3.05, 3.63) is 59.4 Å². The topological polar surface area (TPSA) is 71.1 Å². The number of amides is 2. The first-order valence-corrected chi connectivity index (χ1v) is 6.89. The molecule has 0 fully saturated rings. The van der Waals surface area contributed by atoms with Gasteiger partial charge in [0.05, 0.1) is 16.4 Å². The SMILES string of the molecule is CC(=O)Nc1ccc(Cl)c(NC(=O)C=Cc2ccccn2)c1. The fourth-order valence-electron chi connectivity index (χ4n) is 1.71. The van der Waals surface area contributed by atoms with Crippen molar-refractivity contribution in [3.63, 3.8) is 0 Å². The largest absolute Gasteiger partial charge is 0.326 e. The summed E-state index contributed by atoms with van der Waals surface area (Å²) in [6.07, 6.45) is 4.61. The monoisotopic (exact) mass is 315 g/mol. The predicted molar refractivity (Wildman–Crippen MR) is 87.7 cm³/mol. The molecule has 0 aliphatic rings. The molecule has 0 saturated heterocycles. The van der Waals surface area contributed by atoms with Crippen LogP contribution in [-0.4, -0.2) is 16.8 Å². The third kappa shape index (κ3) is 4.71. The predicted octanol–water partition coefficient (Wildman–Crippen LogP) is 3.35. The van der Waals surface area contributed by atoms with E-state index in [1.807, 2.05) is 6.07 Å². The minimum Gasteiger partial charge on any atom is -0.326 e. The highest BCUT2D eigenvalue weighted by Gasteiger charge is 2.05. The lowest BCUT2D eigenvalue weighted by molar-refractivity contribution is -0.114. The maximum atomic E-state index is 11.9. The Morgan fingerprint density at radius 1 is 1.18 bits per heavy atom. The zero-order valence-electron chi connectivity index (χ0n) is 11.8. The Hall–Kier alpha value is -2.66. The third-order valence-corrected chi connectivity index (χ3v) is 2.97. The number of aromatic nitrogens is 1. The van der Waals surface area contributed by atoms with E-state index >= 15 is 0 Å². The molecule has 2 amide bonds. The minimum atomic E-state index is -0.340. The van der Waals surface area contributed by atoms with Gasteiger partial charge < -0.3 is 10.6 Å². The Balaban J connectivity index is 2.07. The standard InChI is InChI=1S/C16H14ClN3O2/c1-11(21)19-13-5-7-14(17)15(10-13)20-16(22)8-6-12-4-2-3-9-18-12/h2-10H,1H3,(H,19,21)(H,20,22). The van der Waals surface area contributed by atoms with Crippen LogP contribution in [0.1, 0.15) is 12.6 Å². The lowest BCUT2D eigenvalue weighted by atomic mass is 10.2. The summed E-state index contributed by atoms with van der Waals surface area (Å²) < 4.78 is 0. The molecule has 0 aliphatic carbocycles. The lowest BCUT2D eigenvalue weighted by Gasteiger charge is -2.08. The number of nitrogens with zero attached hydrogens (tertiary/aromatic N) is 1. The summed E-state index contributed by atoms with van der Waals surface area (Å²) >= 11 is 6.03. The van der Waals surface area contributed by atoms with Crippen LogP contribution in [0.2, 0.25) is 5.02 Å². The first-order chi connectivity index (χ1) is 10.5. The number of carbonyl (C=O) groups is 2. The van der Waals surface area contributed by atoms with E-state index in [1.165, 1.54) is 13.0 Å². The van der Waals surface area contributed by atoms with Crippen LogP contribution in [0.5, 0.6) is 0 Å². The average molecular weight is 316 g/mol. The summed E-state index contributed by atoms with van der Waals surface area (Å²) in [6.45, 7) is 1.41. The molecular formula is C16H14ClN3O2. The molecule has 22 heavy (non-hydrogen) atoms. The quantitative estimate of drug-likeness (QED) is 0.850. The second-order valence-corrected chi connectivity index (χ2v) is 4.86. The summed E-state index contributed by atoms with van der Waals surface area (Å²) in [5.74, 6) is -0.540. The summed E-state index contributed by atoms with van der Waals surface area (Å²) in [7, 11) is 0. The molecule has 0 atom stereocenters. The van der Waals surface area contributed by atoms with Gasteiger partial charge >= 0.3 is 0 Å². The fraction of sp³-hybridized carbons (Fsp3) is 0.0625. The van der Waals surface area contributed by atoms with Gasteiger partial charge in [0.15, 0.2) is 0 Å². The van der Waals surface area contributed by atoms with Crippen LogP contribution in [0, 0.1) is 0 Å². The maximum absolute atomic E-state index is 11.9. The normalized spacial score (nSPS) is 10.5. The molecular weight excluding hydrogens is 302 g/mol. The van der Waals surface area contributed by atoms with E-state index in [1.54, 1.807) is 42.6 Å². The van der Waals surface area contributed by atoms with Gasteiger partial charge in [0, 0.05) is 24.9 Å². The van der Waals surface area contributed by atoms with Gasteiger partial charge in [-0.25, -0.2) is 0 Å². The van der Waals surface area contributed by atoms with E-state index in [9.17, 15) is 9.59 Å². The Bertz CT molecular complexity index is 715. The number of halogens is 1. The molecule has 1 aromatic heterocycles. The second kappa shape index (κ2) is 7.38. The number of rotatable bonds is 4. The number of hydrogen-bond donors (Lipinski definition) is 2. The van der Waals surface area contributed by atoms with E-state index in [0.29, 0.717) is 22.1 Å². The third-order valence-electron chi connectivity index (χ3n) is 2.64. The molecule has 112 valence electrons. The van der Waals surface area contributed by atoms with Crippen LogP contribution in [-0.2, 0) is 9.59 Å². The van der Waals surface area contributed by atoms with E-state index in [4.69, 9.17) is 11.6 Å². The smallest absolute Gasteiger partial charge is 0.248 e. The molecule has 2 rings (SSSR count). The van der Waals surface area contributed by atoms with Crippen molar-refractivity contribution in [2.45, 2.75) is 6.92 Å². The van der Waals surface area contributed by atoms with Crippen LogP contribution in [0.25, 0.3) is 6.08 Å². The molecule has 6 heteroatoms. The summed E-state index contributed by atoms with van der Waals surface area (Å²) in [5.41, 5.74) is 1.65. The van der Waals surface area contributed by atoms with Crippen molar-refractivity contribution in [3.8, 4) is 0 Å². The molecule has 0 unspecified atom stereocenters. The fourth-order valence-corrected chi connectivity index (χ4v) is 1.88. The van der Waals surface area contributed by atoms with Crippen molar-refractivity contribution in [1.29, 1.82) is 0 Å². The molecule has 0 radical (unpaired) electrons. The van der Waals surface area contributed by atoms with Crippen molar-refractivity contribution in [2.24, 2.45) is 0 Å². The maximum Gasteiger partial charge on any atom is 0.248 e. The molecule has 2 N–H and O–H groups in total. The molecule has 0 saturated carbocycles. The molecule has 0 aliphatic heterocycles. The van der Waals surface area contributed by atoms with Crippen molar-refractivity contribution in [1.82, 2.24) is 4.98 Å². The number of nitrogens with one attached hydrogen (secondary N) is 2. The van der Waals surface area contributed by atoms with Crippen LogP contribution in [0.3, 0.4) is 0 Å². The van der Waals surface area contributed by atoms with E-state index in [-0.39, 0.29) is 11.8 Å². The molecule has 2 aromatic rings. The Kier molecular flexibility index (Phi) is 5.27.